The molecule has 2 unspecified atom stereocenters. The highest BCUT2D eigenvalue weighted by molar-refractivity contribution is 9.10. The molecule has 7 heteroatoms. The Morgan fingerprint density at radius 1 is 1.48 bits per heavy atom. The second kappa shape index (κ2) is 7.19. The van der Waals surface area contributed by atoms with E-state index in [-0.39, 0.29) is 16.9 Å². The molecule has 0 radical (unpaired) electrons. The van der Waals surface area contributed by atoms with Crippen molar-refractivity contribution < 1.29 is 13.2 Å². The summed E-state index contributed by atoms with van der Waals surface area (Å²) in [5.41, 5.74) is 6.44. The summed E-state index contributed by atoms with van der Waals surface area (Å²) in [7, 11) is -3.53. The van der Waals surface area contributed by atoms with Crippen molar-refractivity contribution in [1.82, 2.24) is 4.72 Å². The second-order valence-electron chi connectivity index (χ2n) is 5.19. The second-order valence-corrected chi connectivity index (χ2v) is 7.78. The van der Waals surface area contributed by atoms with Crippen molar-refractivity contribution in [3.63, 3.8) is 0 Å². The molecule has 1 aliphatic heterocycles. The first-order chi connectivity index (χ1) is 9.97. The van der Waals surface area contributed by atoms with Crippen LogP contribution < -0.4 is 10.5 Å². The molecule has 1 heterocycles. The third kappa shape index (κ3) is 4.04. The van der Waals surface area contributed by atoms with Crippen molar-refractivity contribution >= 4 is 26.0 Å². The smallest absolute Gasteiger partial charge is 0.241 e. The minimum atomic E-state index is -3.53. The maximum atomic E-state index is 12.4. The topological polar surface area (TPSA) is 81.4 Å². The van der Waals surface area contributed by atoms with Gasteiger partial charge >= 0.3 is 0 Å². The van der Waals surface area contributed by atoms with Crippen molar-refractivity contribution in [2.45, 2.75) is 37.3 Å². The molecule has 0 saturated carbocycles. The lowest BCUT2D eigenvalue weighted by molar-refractivity contribution is 0.0884. The van der Waals surface area contributed by atoms with Gasteiger partial charge in [-0.2, -0.15) is 0 Å². The summed E-state index contributed by atoms with van der Waals surface area (Å²) in [6.07, 6.45) is 1.95. The molecule has 0 amide bonds. The minimum Gasteiger partial charge on any atom is -0.378 e. The van der Waals surface area contributed by atoms with E-state index in [1.807, 2.05) is 0 Å². The summed E-state index contributed by atoms with van der Waals surface area (Å²) in [5.74, 6) is 0.242. The Bertz CT molecular complexity index is 592. The molecular formula is C14H21BrN2O3S. The fourth-order valence-electron chi connectivity index (χ4n) is 2.56. The highest BCUT2D eigenvalue weighted by Crippen LogP contribution is 2.25. The van der Waals surface area contributed by atoms with Crippen LogP contribution in [-0.2, 0) is 21.3 Å². The molecule has 118 valence electrons. The molecule has 5 nitrogen and oxygen atoms in total. The number of benzene rings is 1. The number of nitrogens with one attached hydrogen (secondary N) is 1. The SMILES string of the molecule is CCC1OCCC1CNS(=O)(=O)c1ccc(CN)cc1Br. The van der Waals surface area contributed by atoms with E-state index in [0.717, 1.165) is 18.4 Å². The maximum Gasteiger partial charge on any atom is 0.241 e. The molecular weight excluding hydrogens is 356 g/mol. The van der Waals surface area contributed by atoms with Gasteiger partial charge in [-0.1, -0.05) is 13.0 Å². The Labute approximate surface area is 134 Å². The molecule has 1 fully saturated rings. The van der Waals surface area contributed by atoms with Gasteiger partial charge in [-0.25, -0.2) is 13.1 Å². The Morgan fingerprint density at radius 2 is 2.24 bits per heavy atom. The van der Waals surface area contributed by atoms with Gasteiger partial charge in [0.1, 0.15) is 0 Å². The predicted molar refractivity (Wildman–Crippen MR) is 85.4 cm³/mol. The van der Waals surface area contributed by atoms with E-state index in [0.29, 0.717) is 24.2 Å². The first kappa shape index (κ1) is 16.9. The van der Waals surface area contributed by atoms with Crippen LogP contribution in [-0.4, -0.2) is 27.7 Å². The zero-order chi connectivity index (χ0) is 15.5. The van der Waals surface area contributed by atoms with Gasteiger partial charge in [0.05, 0.1) is 11.0 Å². The lowest BCUT2D eigenvalue weighted by Gasteiger charge is -2.17. The fourth-order valence-corrected chi connectivity index (χ4v) is 4.78. The number of ether oxygens (including phenoxy) is 1. The summed E-state index contributed by atoms with van der Waals surface area (Å²) in [6, 6.07) is 5.05. The largest absolute Gasteiger partial charge is 0.378 e. The maximum absolute atomic E-state index is 12.4. The first-order valence-corrected chi connectivity index (χ1v) is 9.35. The van der Waals surface area contributed by atoms with Gasteiger partial charge in [-0.15, -0.1) is 0 Å². The number of sulfonamides is 1. The van der Waals surface area contributed by atoms with Gasteiger partial charge in [0, 0.05) is 30.1 Å². The van der Waals surface area contributed by atoms with Crippen molar-refractivity contribution in [2.75, 3.05) is 13.2 Å². The van der Waals surface area contributed by atoms with Crippen LogP contribution in [0.1, 0.15) is 25.3 Å². The molecule has 21 heavy (non-hydrogen) atoms. The number of nitrogens with two attached hydrogens (primary N) is 1. The normalized spacial score (nSPS) is 22.6. The molecule has 2 rings (SSSR count). The molecule has 0 aliphatic carbocycles. The average Bonchev–Trinajstić information content (AvgIpc) is 2.92. The summed E-state index contributed by atoms with van der Waals surface area (Å²) in [5, 5.41) is 0. The Hall–Kier alpha value is -0.470. The molecule has 0 aromatic heterocycles. The highest BCUT2D eigenvalue weighted by atomic mass is 79.9. The van der Waals surface area contributed by atoms with Crippen LogP contribution >= 0.6 is 15.9 Å². The monoisotopic (exact) mass is 376 g/mol. The average molecular weight is 377 g/mol. The molecule has 0 bridgehead atoms. The van der Waals surface area contributed by atoms with E-state index < -0.39 is 10.0 Å². The highest BCUT2D eigenvalue weighted by Gasteiger charge is 2.28. The van der Waals surface area contributed by atoms with E-state index in [2.05, 4.69) is 27.6 Å². The molecule has 0 spiro atoms. The minimum absolute atomic E-state index is 0.149. The van der Waals surface area contributed by atoms with Crippen molar-refractivity contribution in [3.05, 3.63) is 28.2 Å². The first-order valence-electron chi connectivity index (χ1n) is 7.07. The van der Waals surface area contributed by atoms with E-state index in [4.69, 9.17) is 10.5 Å². The lowest BCUT2D eigenvalue weighted by Crippen LogP contribution is -2.33. The Balaban J connectivity index is 2.08. The predicted octanol–water partition coefficient (Wildman–Crippen LogP) is 2.00. The van der Waals surface area contributed by atoms with E-state index in [9.17, 15) is 8.42 Å². The molecule has 1 saturated heterocycles. The van der Waals surface area contributed by atoms with Crippen LogP contribution in [0.3, 0.4) is 0 Å². The van der Waals surface area contributed by atoms with Crippen LogP contribution in [0, 0.1) is 5.92 Å². The summed E-state index contributed by atoms with van der Waals surface area (Å²) in [4.78, 5) is 0.242. The standard InChI is InChI=1S/C14H21BrN2O3S/c1-2-13-11(5-6-20-13)9-17-21(18,19)14-4-3-10(8-16)7-12(14)15/h3-4,7,11,13,17H,2,5-6,8-9,16H2,1H3. The van der Waals surface area contributed by atoms with Crippen LogP contribution in [0.5, 0.6) is 0 Å². The van der Waals surface area contributed by atoms with Crippen molar-refractivity contribution in [1.29, 1.82) is 0 Å². The van der Waals surface area contributed by atoms with E-state index in [1.165, 1.54) is 0 Å². The van der Waals surface area contributed by atoms with E-state index >= 15 is 0 Å². The summed E-state index contributed by atoms with van der Waals surface area (Å²) < 4.78 is 33.6. The number of hydrogen-bond acceptors (Lipinski definition) is 4. The molecule has 1 aliphatic rings. The number of hydrogen-bond donors (Lipinski definition) is 2. The number of halogens is 1. The van der Waals surface area contributed by atoms with Gasteiger partial charge in [-0.3, -0.25) is 0 Å². The quantitative estimate of drug-likeness (QED) is 0.795. The van der Waals surface area contributed by atoms with Gasteiger partial charge in [0.2, 0.25) is 10.0 Å². The molecule has 1 aromatic carbocycles. The Morgan fingerprint density at radius 3 is 2.86 bits per heavy atom. The number of rotatable bonds is 6. The van der Waals surface area contributed by atoms with Crippen LogP contribution in [0.25, 0.3) is 0 Å². The van der Waals surface area contributed by atoms with Crippen molar-refractivity contribution in [2.24, 2.45) is 11.7 Å². The zero-order valence-electron chi connectivity index (χ0n) is 12.0. The third-order valence-corrected chi connectivity index (χ3v) is 6.21. The van der Waals surface area contributed by atoms with Crippen molar-refractivity contribution in [3.8, 4) is 0 Å². The fraction of sp³-hybridized carbons (Fsp3) is 0.571. The van der Waals surface area contributed by atoms with Crippen LogP contribution in [0.15, 0.2) is 27.6 Å². The van der Waals surface area contributed by atoms with Gasteiger partial charge < -0.3 is 10.5 Å². The van der Waals surface area contributed by atoms with Gasteiger partial charge in [-0.05, 0) is 46.5 Å². The van der Waals surface area contributed by atoms with E-state index in [1.54, 1.807) is 18.2 Å². The lowest BCUT2D eigenvalue weighted by atomic mass is 10.0. The zero-order valence-corrected chi connectivity index (χ0v) is 14.4. The van der Waals surface area contributed by atoms with Crippen LogP contribution in [0.2, 0.25) is 0 Å². The molecule has 3 N–H and O–H groups in total. The summed E-state index contributed by atoms with van der Waals surface area (Å²) >= 11 is 3.30. The van der Waals surface area contributed by atoms with Crippen LogP contribution in [0.4, 0.5) is 0 Å². The van der Waals surface area contributed by atoms with Gasteiger partial charge in [0.15, 0.2) is 0 Å². The summed E-state index contributed by atoms with van der Waals surface area (Å²) in [6.45, 7) is 3.55. The van der Waals surface area contributed by atoms with Gasteiger partial charge in [0.25, 0.3) is 0 Å². The molecule has 2 atom stereocenters. The Kier molecular flexibility index (Phi) is 5.79. The third-order valence-electron chi connectivity index (χ3n) is 3.81. The molecule has 1 aromatic rings.